The predicted octanol–water partition coefficient (Wildman–Crippen LogP) is 1.26. The molecule has 0 saturated carbocycles. The van der Waals surface area contributed by atoms with E-state index in [2.05, 4.69) is 20.0 Å². The molecule has 7 heteroatoms. The lowest BCUT2D eigenvalue weighted by atomic mass is 10.0. The van der Waals surface area contributed by atoms with Crippen LogP contribution in [0.2, 0.25) is 0 Å². The monoisotopic (exact) mass is 314 g/mol. The number of anilines is 1. The zero-order valence-corrected chi connectivity index (χ0v) is 13.8. The van der Waals surface area contributed by atoms with E-state index in [9.17, 15) is 4.79 Å². The molecule has 3 heterocycles. The summed E-state index contributed by atoms with van der Waals surface area (Å²) < 4.78 is 1.65. The van der Waals surface area contributed by atoms with Crippen molar-refractivity contribution < 1.29 is 4.79 Å². The average molecular weight is 314 g/mol. The third-order valence-electron chi connectivity index (χ3n) is 4.27. The van der Waals surface area contributed by atoms with Gasteiger partial charge in [-0.15, -0.1) is 0 Å². The smallest absolute Gasteiger partial charge is 0.257 e. The maximum Gasteiger partial charge on any atom is 0.257 e. The summed E-state index contributed by atoms with van der Waals surface area (Å²) in [5.41, 5.74) is 1.67. The molecule has 1 amide bonds. The Kier molecular flexibility index (Phi) is 4.27. The summed E-state index contributed by atoms with van der Waals surface area (Å²) in [6.07, 6.45) is 9.04. The van der Waals surface area contributed by atoms with Gasteiger partial charge in [-0.1, -0.05) is 0 Å². The fourth-order valence-electron chi connectivity index (χ4n) is 2.90. The second-order valence-corrected chi connectivity index (χ2v) is 6.12. The Morgan fingerprint density at radius 2 is 2.04 bits per heavy atom. The molecule has 3 rings (SSSR count). The van der Waals surface area contributed by atoms with Crippen molar-refractivity contribution in [3.8, 4) is 0 Å². The van der Waals surface area contributed by atoms with Crippen molar-refractivity contribution in [3.63, 3.8) is 0 Å². The quantitative estimate of drug-likeness (QED) is 0.853. The van der Waals surface area contributed by atoms with Crippen molar-refractivity contribution >= 4 is 11.9 Å². The highest BCUT2D eigenvalue weighted by Crippen LogP contribution is 2.20. The van der Waals surface area contributed by atoms with Crippen LogP contribution in [0.5, 0.6) is 0 Å². The van der Waals surface area contributed by atoms with Crippen LogP contribution in [-0.4, -0.2) is 56.7 Å². The zero-order valence-electron chi connectivity index (χ0n) is 13.8. The molecular formula is C16H22N6O. The van der Waals surface area contributed by atoms with Crippen LogP contribution in [0.4, 0.5) is 5.95 Å². The molecule has 1 saturated heterocycles. The Labute approximate surface area is 135 Å². The number of carbonyl (C=O) groups is 1. The van der Waals surface area contributed by atoms with Gasteiger partial charge in [-0.3, -0.25) is 9.48 Å². The van der Waals surface area contributed by atoms with Crippen LogP contribution in [0.1, 0.15) is 28.8 Å². The largest absolute Gasteiger partial charge is 0.339 e. The lowest BCUT2D eigenvalue weighted by molar-refractivity contribution is 0.0717. The molecule has 2 aromatic rings. The Balaban J connectivity index is 1.70. The van der Waals surface area contributed by atoms with E-state index in [0.29, 0.717) is 5.56 Å². The van der Waals surface area contributed by atoms with Gasteiger partial charge in [0.05, 0.1) is 11.8 Å². The molecule has 7 nitrogen and oxygen atoms in total. The average Bonchev–Trinajstić information content (AvgIpc) is 3.01. The highest BCUT2D eigenvalue weighted by Gasteiger charge is 2.28. The summed E-state index contributed by atoms with van der Waals surface area (Å²) in [5, 5.41) is 4.07. The number of piperidine rings is 1. The number of rotatable bonds is 3. The molecule has 1 unspecified atom stereocenters. The number of hydrogen-bond acceptors (Lipinski definition) is 5. The number of nitrogens with zero attached hydrogens (tertiary/aromatic N) is 6. The fourth-order valence-corrected chi connectivity index (χ4v) is 2.90. The Hall–Kier alpha value is -2.44. The topological polar surface area (TPSA) is 67.2 Å². The molecule has 1 fully saturated rings. The standard InChI is InChI=1S/C16H22N6O/c1-12-7-17-16(18-8-12)22-6-4-5-14(11-22)21(3)15(23)13-9-19-20(2)10-13/h7-10,14H,4-6,11H2,1-3H3. The molecule has 0 radical (unpaired) electrons. The van der Waals surface area contributed by atoms with Gasteiger partial charge < -0.3 is 9.80 Å². The molecule has 0 aromatic carbocycles. The van der Waals surface area contributed by atoms with E-state index >= 15 is 0 Å². The van der Waals surface area contributed by atoms with Crippen LogP contribution in [0.15, 0.2) is 24.8 Å². The van der Waals surface area contributed by atoms with Gasteiger partial charge in [0.25, 0.3) is 5.91 Å². The van der Waals surface area contributed by atoms with Crippen molar-refractivity contribution in [2.24, 2.45) is 7.05 Å². The first-order valence-corrected chi connectivity index (χ1v) is 7.84. The minimum absolute atomic E-state index is 0.00905. The fraction of sp³-hybridized carbons (Fsp3) is 0.500. The highest BCUT2D eigenvalue weighted by atomic mass is 16.2. The third-order valence-corrected chi connectivity index (χ3v) is 4.27. The van der Waals surface area contributed by atoms with E-state index in [1.165, 1.54) is 0 Å². The Morgan fingerprint density at radius 3 is 2.70 bits per heavy atom. The number of aromatic nitrogens is 4. The van der Waals surface area contributed by atoms with Gasteiger partial charge in [0.2, 0.25) is 5.95 Å². The normalized spacial score (nSPS) is 18.0. The van der Waals surface area contributed by atoms with Crippen molar-refractivity contribution in [2.75, 3.05) is 25.0 Å². The van der Waals surface area contributed by atoms with Gasteiger partial charge >= 0.3 is 0 Å². The predicted molar refractivity (Wildman–Crippen MR) is 87.3 cm³/mol. The molecule has 0 bridgehead atoms. The van der Waals surface area contributed by atoms with Gasteiger partial charge in [0, 0.05) is 51.8 Å². The van der Waals surface area contributed by atoms with Crippen molar-refractivity contribution in [1.29, 1.82) is 0 Å². The number of aryl methyl sites for hydroxylation is 2. The van der Waals surface area contributed by atoms with Gasteiger partial charge in [0.15, 0.2) is 0 Å². The molecule has 23 heavy (non-hydrogen) atoms. The molecule has 0 N–H and O–H groups in total. The molecule has 1 atom stereocenters. The second kappa shape index (κ2) is 6.36. The van der Waals surface area contributed by atoms with Crippen molar-refractivity contribution in [1.82, 2.24) is 24.6 Å². The molecule has 2 aromatic heterocycles. The van der Waals surface area contributed by atoms with E-state index in [-0.39, 0.29) is 11.9 Å². The highest BCUT2D eigenvalue weighted by molar-refractivity contribution is 5.93. The van der Waals surface area contributed by atoms with Gasteiger partial charge in [-0.2, -0.15) is 5.10 Å². The number of likely N-dealkylation sites (N-methyl/N-ethyl adjacent to an activating group) is 1. The Morgan fingerprint density at radius 1 is 1.30 bits per heavy atom. The second-order valence-electron chi connectivity index (χ2n) is 6.12. The zero-order chi connectivity index (χ0) is 16.4. The summed E-state index contributed by atoms with van der Waals surface area (Å²) in [7, 11) is 3.67. The number of carbonyl (C=O) groups excluding carboxylic acids is 1. The summed E-state index contributed by atoms with van der Waals surface area (Å²) in [6, 6.07) is 0.154. The van der Waals surface area contributed by atoms with Crippen LogP contribution >= 0.6 is 0 Å². The summed E-state index contributed by atoms with van der Waals surface area (Å²) in [4.78, 5) is 25.3. The van der Waals surface area contributed by atoms with E-state index in [1.54, 1.807) is 17.1 Å². The van der Waals surface area contributed by atoms with Crippen LogP contribution in [0.25, 0.3) is 0 Å². The van der Waals surface area contributed by atoms with Gasteiger partial charge in [0.1, 0.15) is 0 Å². The van der Waals surface area contributed by atoms with Crippen molar-refractivity contribution in [3.05, 3.63) is 35.9 Å². The van der Waals surface area contributed by atoms with E-state index in [1.807, 2.05) is 38.3 Å². The maximum absolute atomic E-state index is 12.6. The summed E-state index contributed by atoms with van der Waals surface area (Å²) >= 11 is 0. The van der Waals surface area contributed by atoms with Crippen LogP contribution in [-0.2, 0) is 7.05 Å². The minimum Gasteiger partial charge on any atom is -0.339 e. The molecule has 1 aliphatic heterocycles. The molecule has 122 valence electrons. The van der Waals surface area contributed by atoms with Crippen LogP contribution < -0.4 is 4.90 Å². The summed E-state index contributed by atoms with van der Waals surface area (Å²) in [5.74, 6) is 0.748. The van der Waals surface area contributed by atoms with Gasteiger partial charge in [-0.05, 0) is 25.3 Å². The maximum atomic E-state index is 12.6. The third kappa shape index (κ3) is 3.33. The first kappa shape index (κ1) is 15.5. The first-order valence-electron chi connectivity index (χ1n) is 7.84. The Bertz CT molecular complexity index is 680. The first-order chi connectivity index (χ1) is 11.0. The van der Waals surface area contributed by atoms with E-state index < -0.39 is 0 Å². The SMILES string of the molecule is Cc1cnc(N2CCCC(N(C)C(=O)c3cnn(C)c3)C2)nc1. The molecule has 0 aliphatic carbocycles. The molecule has 1 aliphatic rings. The van der Waals surface area contributed by atoms with E-state index in [4.69, 9.17) is 0 Å². The van der Waals surface area contributed by atoms with Crippen LogP contribution in [0.3, 0.4) is 0 Å². The van der Waals surface area contributed by atoms with E-state index in [0.717, 1.165) is 37.4 Å². The lowest BCUT2D eigenvalue weighted by Gasteiger charge is -2.37. The lowest BCUT2D eigenvalue weighted by Crippen LogP contribution is -2.49. The van der Waals surface area contributed by atoms with Crippen LogP contribution in [0, 0.1) is 6.92 Å². The number of hydrogen-bond donors (Lipinski definition) is 0. The minimum atomic E-state index is 0.00905. The number of amides is 1. The van der Waals surface area contributed by atoms with Crippen molar-refractivity contribution in [2.45, 2.75) is 25.8 Å². The summed E-state index contributed by atoms with van der Waals surface area (Å²) in [6.45, 7) is 3.66. The molecule has 0 spiro atoms. The van der Waals surface area contributed by atoms with Gasteiger partial charge in [-0.25, -0.2) is 9.97 Å². The molecular weight excluding hydrogens is 292 g/mol.